The van der Waals surface area contributed by atoms with Crippen molar-refractivity contribution in [3.8, 4) is 11.3 Å². The highest BCUT2D eigenvalue weighted by molar-refractivity contribution is 7.15. The summed E-state index contributed by atoms with van der Waals surface area (Å²) in [4.78, 5) is 16.3. The van der Waals surface area contributed by atoms with Crippen LogP contribution in [0.3, 0.4) is 0 Å². The van der Waals surface area contributed by atoms with Gasteiger partial charge in [-0.25, -0.2) is 14.3 Å². The van der Waals surface area contributed by atoms with E-state index in [1.807, 2.05) is 50.5 Å². The van der Waals surface area contributed by atoms with Gasteiger partial charge in [-0.1, -0.05) is 0 Å². The number of amides is 1. The van der Waals surface area contributed by atoms with Crippen molar-refractivity contribution in [3.63, 3.8) is 0 Å². The maximum Gasteiger partial charge on any atom is 0.412 e. The minimum atomic E-state index is -0.536. The third-order valence-electron chi connectivity index (χ3n) is 2.87. The van der Waals surface area contributed by atoms with E-state index < -0.39 is 11.7 Å². The summed E-state index contributed by atoms with van der Waals surface area (Å²) in [6, 6.07) is 5.76. The van der Waals surface area contributed by atoms with E-state index in [-0.39, 0.29) is 0 Å². The maximum absolute atomic E-state index is 12.0. The van der Waals surface area contributed by atoms with Crippen molar-refractivity contribution >= 4 is 27.9 Å². The molecule has 22 heavy (non-hydrogen) atoms. The summed E-state index contributed by atoms with van der Waals surface area (Å²) >= 11 is 1.43. The molecule has 1 N–H and O–H groups in total. The van der Waals surface area contributed by atoms with E-state index in [1.54, 1.807) is 4.52 Å². The van der Waals surface area contributed by atoms with Crippen molar-refractivity contribution < 1.29 is 9.53 Å². The van der Waals surface area contributed by atoms with Crippen LogP contribution in [0.4, 0.5) is 9.80 Å². The lowest BCUT2D eigenvalue weighted by Crippen LogP contribution is -2.27. The van der Waals surface area contributed by atoms with E-state index in [0.717, 1.165) is 16.8 Å². The van der Waals surface area contributed by atoms with Crippen LogP contribution in [0.1, 0.15) is 20.8 Å². The van der Waals surface area contributed by atoms with Crippen LogP contribution < -0.4 is 5.32 Å². The Morgan fingerprint density at radius 1 is 1.36 bits per heavy atom. The van der Waals surface area contributed by atoms with Crippen molar-refractivity contribution in [2.75, 3.05) is 5.32 Å². The van der Waals surface area contributed by atoms with E-state index in [4.69, 9.17) is 4.74 Å². The van der Waals surface area contributed by atoms with E-state index in [0.29, 0.717) is 5.00 Å². The standard InChI is InChI=1S/C15H16N4O2S/c1-15(2,3)21-14(20)18-13-10(6-8-22-13)12-11-5-4-7-19(11)17-9-16-12/h4-9H,1-3H3,(H,18,20). The van der Waals surface area contributed by atoms with Gasteiger partial charge in [-0.05, 0) is 44.4 Å². The number of nitrogens with one attached hydrogen (secondary N) is 1. The monoisotopic (exact) mass is 316 g/mol. The fourth-order valence-electron chi connectivity index (χ4n) is 2.06. The molecule has 1 amide bonds. The molecule has 7 heteroatoms. The number of thiophene rings is 1. The Morgan fingerprint density at radius 3 is 2.95 bits per heavy atom. The van der Waals surface area contributed by atoms with Crippen LogP contribution in [-0.4, -0.2) is 26.3 Å². The minimum Gasteiger partial charge on any atom is -0.444 e. The molecule has 0 saturated heterocycles. The molecule has 0 aliphatic heterocycles. The lowest BCUT2D eigenvalue weighted by atomic mass is 10.2. The summed E-state index contributed by atoms with van der Waals surface area (Å²) < 4.78 is 7.04. The van der Waals surface area contributed by atoms with E-state index in [2.05, 4.69) is 15.4 Å². The number of carbonyl (C=O) groups excluding carboxylic acids is 1. The Labute approximate surface area is 131 Å². The van der Waals surface area contributed by atoms with Gasteiger partial charge in [-0.2, -0.15) is 5.10 Å². The second-order valence-electron chi connectivity index (χ2n) is 5.74. The van der Waals surface area contributed by atoms with E-state index in [1.165, 1.54) is 17.7 Å². The minimum absolute atomic E-state index is 0.475. The zero-order valence-electron chi connectivity index (χ0n) is 12.5. The lowest BCUT2D eigenvalue weighted by molar-refractivity contribution is 0.0636. The molecule has 3 aromatic heterocycles. The van der Waals surface area contributed by atoms with Crippen molar-refractivity contribution in [2.24, 2.45) is 0 Å². The zero-order valence-corrected chi connectivity index (χ0v) is 13.3. The van der Waals surface area contributed by atoms with Crippen molar-refractivity contribution in [1.82, 2.24) is 14.6 Å². The highest BCUT2D eigenvalue weighted by Crippen LogP contribution is 2.34. The number of anilines is 1. The molecule has 0 bridgehead atoms. The Balaban J connectivity index is 1.93. The number of hydrogen-bond acceptors (Lipinski definition) is 5. The molecule has 0 aliphatic rings. The predicted octanol–water partition coefficient (Wildman–Crippen LogP) is 3.80. The largest absolute Gasteiger partial charge is 0.444 e. The van der Waals surface area contributed by atoms with Crippen LogP contribution in [0.5, 0.6) is 0 Å². The van der Waals surface area contributed by atoms with Gasteiger partial charge < -0.3 is 4.74 Å². The molecule has 0 atom stereocenters. The molecular weight excluding hydrogens is 300 g/mol. The average molecular weight is 316 g/mol. The molecule has 3 heterocycles. The molecule has 6 nitrogen and oxygen atoms in total. The number of nitrogens with zero attached hydrogens (tertiary/aromatic N) is 3. The first-order valence-corrected chi connectivity index (χ1v) is 7.68. The SMILES string of the molecule is CC(C)(C)OC(=O)Nc1sccc1-c1ncnn2cccc12. The molecule has 0 fully saturated rings. The van der Waals surface area contributed by atoms with Crippen LogP contribution in [0.2, 0.25) is 0 Å². The first-order chi connectivity index (χ1) is 10.4. The highest BCUT2D eigenvalue weighted by atomic mass is 32.1. The number of fused-ring (bicyclic) bond motifs is 1. The van der Waals surface area contributed by atoms with Crippen LogP contribution in [0.15, 0.2) is 36.1 Å². The Hall–Kier alpha value is -2.41. The molecule has 0 spiro atoms. The van der Waals surface area contributed by atoms with Crippen LogP contribution >= 0.6 is 11.3 Å². The summed E-state index contributed by atoms with van der Waals surface area (Å²) in [7, 11) is 0. The van der Waals surface area contributed by atoms with Gasteiger partial charge in [-0.15, -0.1) is 11.3 Å². The topological polar surface area (TPSA) is 68.5 Å². The van der Waals surface area contributed by atoms with Gasteiger partial charge in [0.2, 0.25) is 0 Å². The predicted molar refractivity (Wildman–Crippen MR) is 86.2 cm³/mol. The summed E-state index contributed by atoms with van der Waals surface area (Å²) in [5, 5.41) is 9.55. The van der Waals surface area contributed by atoms with Gasteiger partial charge in [0.1, 0.15) is 22.6 Å². The first kappa shape index (κ1) is 14.5. The molecule has 114 valence electrons. The fourth-order valence-corrected chi connectivity index (χ4v) is 2.84. The number of carbonyl (C=O) groups is 1. The molecule has 3 aromatic rings. The molecule has 0 saturated carbocycles. The third-order valence-corrected chi connectivity index (χ3v) is 3.70. The van der Waals surface area contributed by atoms with Crippen LogP contribution in [-0.2, 0) is 4.74 Å². The smallest absolute Gasteiger partial charge is 0.412 e. The van der Waals surface area contributed by atoms with Gasteiger partial charge in [0.25, 0.3) is 0 Å². The Morgan fingerprint density at radius 2 is 2.18 bits per heavy atom. The van der Waals surface area contributed by atoms with Gasteiger partial charge >= 0.3 is 6.09 Å². The fraction of sp³-hybridized carbons (Fsp3) is 0.267. The third kappa shape index (κ3) is 2.94. The van der Waals surface area contributed by atoms with Gasteiger partial charge in [0.05, 0.1) is 5.52 Å². The summed E-state index contributed by atoms with van der Waals surface area (Å²) in [5.41, 5.74) is 1.97. The first-order valence-electron chi connectivity index (χ1n) is 6.80. The summed E-state index contributed by atoms with van der Waals surface area (Å²) in [5.74, 6) is 0. The van der Waals surface area contributed by atoms with E-state index >= 15 is 0 Å². The second kappa shape index (κ2) is 5.42. The number of ether oxygens (including phenoxy) is 1. The zero-order chi connectivity index (χ0) is 15.7. The number of aromatic nitrogens is 3. The summed E-state index contributed by atoms with van der Waals surface area (Å²) in [6.45, 7) is 5.49. The van der Waals surface area contributed by atoms with Crippen LogP contribution in [0, 0.1) is 0 Å². The molecule has 0 aromatic carbocycles. The Bertz CT molecular complexity index is 816. The Kier molecular flexibility index (Phi) is 3.58. The maximum atomic E-state index is 12.0. The van der Waals surface area contributed by atoms with Gasteiger partial charge in [0, 0.05) is 11.8 Å². The van der Waals surface area contributed by atoms with Crippen LogP contribution in [0.25, 0.3) is 16.8 Å². The number of rotatable bonds is 2. The summed E-state index contributed by atoms with van der Waals surface area (Å²) in [6.07, 6.45) is 2.88. The van der Waals surface area contributed by atoms with Crippen molar-refractivity contribution in [1.29, 1.82) is 0 Å². The highest BCUT2D eigenvalue weighted by Gasteiger charge is 2.19. The molecule has 0 unspecified atom stereocenters. The quantitative estimate of drug-likeness (QED) is 0.780. The van der Waals surface area contributed by atoms with Crippen molar-refractivity contribution in [2.45, 2.75) is 26.4 Å². The van der Waals surface area contributed by atoms with Crippen molar-refractivity contribution in [3.05, 3.63) is 36.1 Å². The molecular formula is C15H16N4O2S. The molecule has 3 rings (SSSR count). The number of hydrogen-bond donors (Lipinski definition) is 1. The normalized spacial score (nSPS) is 11.6. The van der Waals surface area contributed by atoms with Gasteiger partial charge in [0.15, 0.2) is 0 Å². The van der Waals surface area contributed by atoms with Gasteiger partial charge in [-0.3, -0.25) is 5.32 Å². The molecule has 0 radical (unpaired) electrons. The lowest BCUT2D eigenvalue weighted by Gasteiger charge is -2.19. The van der Waals surface area contributed by atoms with E-state index in [9.17, 15) is 4.79 Å². The molecule has 0 aliphatic carbocycles. The average Bonchev–Trinajstić information content (AvgIpc) is 3.04. The second-order valence-corrected chi connectivity index (χ2v) is 6.65.